The van der Waals surface area contributed by atoms with Crippen LogP contribution in [0.3, 0.4) is 0 Å². The molecule has 1 N–H and O–H groups in total. The van der Waals surface area contributed by atoms with Crippen molar-refractivity contribution in [3.8, 4) is 16.8 Å². The Morgan fingerprint density at radius 1 is 0.939 bits per heavy atom. The molecule has 4 aromatic rings. The molecule has 0 unspecified atom stereocenters. The minimum atomic E-state index is -0.140. The molecule has 0 aliphatic carbocycles. The van der Waals surface area contributed by atoms with E-state index in [4.69, 9.17) is 4.99 Å². The maximum absolute atomic E-state index is 12.8. The molecule has 1 aromatic heterocycles. The van der Waals surface area contributed by atoms with Gasteiger partial charge in [-0.2, -0.15) is 0 Å². The summed E-state index contributed by atoms with van der Waals surface area (Å²) < 4.78 is 1.75. The second-order valence-corrected chi connectivity index (χ2v) is 8.82. The van der Waals surface area contributed by atoms with Gasteiger partial charge in [-0.15, -0.1) is 0 Å². The van der Waals surface area contributed by atoms with E-state index in [-0.39, 0.29) is 5.69 Å². The van der Waals surface area contributed by atoms with Crippen LogP contribution >= 0.6 is 0 Å². The van der Waals surface area contributed by atoms with Gasteiger partial charge in [0, 0.05) is 49.2 Å². The number of anilines is 1. The highest BCUT2D eigenvalue weighted by Gasteiger charge is 2.20. The highest BCUT2D eigenvalue weighted by Crippen LogP contribution is 2.38. The predicted molar refractivity (Wildman–Crippen MR) is 136 cm³/mol. The van der Waals surface area contributed by atoms with Crippen molar-refractivity contribution < 1.29 is 0 Å². The lowest BCUT2D eigenvalue weighted by molar-refractivity contribution is 0.258. The first kappa shape index (κ1) is 20.0. The molecule has 2 aliphatic heterocycles. The van der Waals surface area contributed by atoms with E-state index in [0.29, 0.717) is 0 Å². The Labute approximate surface area is 192 Å². The summed E-state index contributed by atoms with van der Waals surface area (Å²) in [6.07, 6.45) is 3.08. The minimum absolute atomic E-state index is 0.140. The van der Waals surface area contributed by atoms with E-state index in [1.165, 1.54) is 18.7 Å². The van der Waals surface area contributed by atoms with Crippen LogP contribution in [0.25, 0.3) is 27.8 Å². The van der Waals surface area contributed by atoms with Crippen molar-refractivity contribution in [2.45, 2.75) is 13.3 Å². The number of benzene rings is 3. The maximum Gasteiger partial charge on any atom is 0.331 e. The molecule has 2 aliphatic rings. The van der Waals surface area contributed by atoms with E-state index < -0.39 is 0 Å². The summed E-state index contributed by atoms with van der Waals surface area (Å²) in [5.41, 5.74) is 7.50. The average molecular weight is 438 g/mol. The molecular weight excluding hydrogens is 410 g/mol. The lowest BCUT2D eigenvalue weighted by Gasteiger charge is -2.36. The van der Waals surface area contributed by atoms with Crippen LogP contribution in [0.5, 0.6) is 0 Å². The van der Waals surface area contributed by atoms with Crippen LogP contribution in [-0.2, 0) is 0 Å². The number of nitrogens with one attached hydrogen (secondary N) is 1. The van der Waals surface area contributed by atoms with E-state index >= 15 is 0 Å². The predicted octanol–water partition coefficient (Wildman–Crippen LogP) is 4.58. The highest BCUT2D eigenvalue weighted by atomic mass is 16.1. The van der Waals surface area contributed by atoms with Gasteiger partial charge >= 0.3 is 5.69 Å². The number of imidazole rings is 1. The molecule has 6 heteroatoms. The number of rotatable bonds is 4. The number of hydrogen-bond acceptors (Lipinski definition) is 4. The SMILES string of the molecule is CCCN1CCN(c2ccc(-c3cccc4c3N=Cc3cccc5[nH]c(=O)n-4c35)cc2)CC1. The molecule has 0 spiro atoms. The zero-order valence-electron chi connectivity index (χ0n) is 18.8. The van der Waals surface area contributed by atoms with Gasteiger partial charge in [0.2, 0.25) is 0 Å². The monoisotopic (exact) mass is 437 g/mol. The summed E-state index contributed by atoms with van der Waals surface area (Å²) in [6, 6.07) is 20.7. The van der Waals surface area contributed by atoms with Crippen LogP contribution in [0.15, 0.2) is 70.5 Å². The summed E-state index contributed by atoms with van der Waals surface area (Å²) >= 11 is 0. The molecule has 3 aromatic carbocycles. The Morgan fingerprint density at radius 2 is 1.73 bits per heavy atom. The Bertz CT molecular complexity index is 1400. The number of aromatic nitrogens is 2. The quantitative estimate of drug-likeness (QED) is 0.448. The molecule has 0 radical (unpaired) electrons. The van der Waals surface area contributed by atoms with Crippen molar-refractivity contribution in [2.75, 3.05) is 37.6 Å². The number of aliphatic imine (C=N–C) groups is 1. The fourth-order valence-corrected chi connectivity index (χ4v) is 5.13. The topological polar surface area (TPSA) is 56.6 Å². The maximum atomic E-state index is 12.8. The van der Waals surface area contributed by atoms with Gasteiger partial charge in [-0.1, -0.05) is 43.3 Å². The van der Waals surface area contributed by atoms with Gasteiger partial charge in [-0.05, 0) is 42.8 Å². The number of nitrogens with zero attached hydrogens (tertiary/aromatic N) is 4. The fourth-order valence-electron chi connectivity index (χ4n) is 5.13. The highest BCUT2D eigenvalue weighted by molar-refractivity contribution is 6.02. The third-order valence-electron chi connectivity index (χ3n) is 6.78. The molecule has 0 saturated carbocycles. The zero-order chi connectivity index (χ0) is 22.4. The summed E-state index contributed by atoms with van der Waals surface area (Å²) in [4.78, 5) is 25.7. The number of hydrogen-bond donors (Lipinski definition) is 1. The normalized spacial score (nSPS) is 15.6. The lowest BCUT2D eigenvalue weighted by Crippen LogP contribution is -2.46. The zero-order valence-corrected chi connectivity index (χ0v) is 18.8. The molecule has 33 heavy (non-hydrogen) atoms. The number of fused-ring (bicyclic) bond motifs is 2. The molecule has 3 heterocycles. The first-order valence-corrected chi connectivity index (χ1v) is 11.7. The molecule has 1 saturated heterocycles. The third-order valence-corrected chi connectivity index (χ3v) is 6.78. The first-order chi connectivity index (χ1) is 16.2. The van der Waals surface area contributed by atoms with Crippen LogP contribution < -0.4 is 10.6 Å². The van der Waals surface area contributed by atoms with Gasteiger partial charge in [-0.25, -0.2) is 4.79 Å². The van der Waals surface area contributed by atoms with E-state index in [1.807, 2.05) is 36.5 Å². The molecule has 6 nitrogen and oxygen atoms in total. The van der Waals surface area contributed by atoms with Crippen LogP contribution in [0.1, 0.15) is 18.9 Å². The summed E-state index contributed by atoms with van der Waals surface area (Å²) in [5, 5.41) is 0. The Hall–Kier alpha value is -3.64. The van der Waals surface area contributed by atoms with Gasteiger partial charge < -0.3 is 9.88 Å². The summed E-state index contributed by atoms with van der Waals surface area (Å²) in [5.74, 6) is 0. The standard InChI is InChI=1S/C27H27N5O/c1-2-13-30-14-16-31(17-15-30)21-11-9-19(10-12-21)22-6-4-8-24-25(22)28-18-20-5-3-7-23-26(20)32(24)27(33)29-23/h3-12,18H,2,13-17H2,1H3,(H,29,33). The molecule has 166 valence electrons. The Kier molecular flexibility index (Phi) is 4.88. The second kappa shape index (κ2) is 8.05. The van der Waals surface area contributed by atoms with Crippen molar-refractivity contribution in [1.82, 2.24) is 14.5 Å². The van der Waals surface area contributed by atoms with Crippen molar-refractivity contribution in [1.29, 1.82) is 0 Å². The summed E-state index contributed by atoms with van der Waals surface area (Å²) in [6.45, 7) is 7.80. The summed E-state index contributed by atoms with van der Waals surface area (Å²) in [7, 11) is 0. The van der Waals surface area contributed by atoms with E-state index in [0.717, 1.165) is 65.3 Å². The third kappa shape index (κ3) is 3.38. The van der Waals surface area contributed by atoms with E-state index in [1.54, 1.807) is 4.57 Å². The first-order valence-electron chi connectivity index (χ1n) is 11.7. The van der Waals surface area contributed by atoms with Crippen molar-refractivity contribution in [3.63, 3.8) is 0 Å². The van der Waals surface area contributed by atoms with Crippen LogP contribution in [0.4, 0.5) is 11.4 Å². The van der Waals surface area contributed by atoms with Gasteiger partial charge in [0.15, 0.2) is 0 Å². The average Bonchev–Trinajstić information content (AvgIpc) is 3.08. The van der Waals surface area contributed by atoms with Crippen molar-refractivity contribution in [2.24, 2.45) is 4.99 Å². The van der Waals surface area contributed by atoms with Gasteiger partial charge in [-0.3, -0.25) is 14.5 Å². The van der Waals surface area contributed by atoms with Gasteiger partial charge in [0.25, 0.3) is 0 Å². The molecule has 0 bridgehead atoms. The van der Waals surface area contributed by atoms with Gasteiger partial charge in [0.1, 0.15) is 0 Å². The van der Waals surface area contributed by atoms with E-state index in [2.05, 4.69) is 52.0 Å². The molecule has 1 fully saturated rings. The van der Waals surface area contributed by atoms with Crippen LogP contribution in [0.2, 0.25) is 0 Å². The van der Waals surface area contributed by atoms with Gasteiger partial charge in [0.05, 0.1) is 22.4 Å². The second-order valence-electron chi connectivity index (χ2n) is 8.82. The minimum Gasteiger partial charge on any atom is -0.369 e. The molecule has 0 atom stereocenters. The Morgan fingerprint density at radius 3 is 2.52 bits per heavy atom. The number of aromatic amines is 1. The van der Waals surface area contributed by atoms with E-state index in [9.17, 15) is 4.79 Å². The van der Waals surface area contributed by atoms with Crippen molar-refractivity contribution in [3.05, 3.63) is 76.7 Å². The largest absolute Gasteiger partial charge is 0.369 e. The molecule has 6 rings (SSSR count). The molecule has 0 amide bonds. The smallest absolute Gasteiger partial charge is 0.331 e. The fraction of sp³-hybridized carbons (Fsp3) is 0.259. The number of H-pyrrole nitrogens is 1. The molecular formula is C27H27N5O. The Balaban J connectivity index is 1.36. The van der Waals surface area contributed by atoms with Crippen molar-refractivity contribution >= 4 is 28.6 Å². The number of para-hydroxylation sites is 2. The van der Waals surface area contributed by atoms with Crippen LogP contribution in [0, 0.1) is 0 Å². The lowest BCUT2D eigenvalue weighted by atomic mass is 10.0. The van der Waals surface area contributed by atoms with Crippen LogP contribution in [-0.4, -0.2) is 53.4 Å². The number of piperazine rings is 1.